The van der Waals surface area contributed by atoms with Gasteiger partial charge < -0.3 is 20.1 Å². The van der Waals surface area contributed by atoms with E-state index in [1.54, 1.807) is 18.2 Å². The third-order valence-corrected chi connectivity index (χ3v) is 3.95. The van der Waals surface area contributed by atoms with Crippen LogP contribution >= 0.6 is 11.8 Å². The number of amides is 4. The number of imide groups is 1. The zero-order valence-corrected chi connectivity index (χ0v) is 12.3. The first kappa shape index (κ1) is 14.5. The molecule has 0 aromatic heterocycles. The Labute approximate surface area is 130 Å². The van der Waals surface area contributed by atoms with Crippen LogP contribution in [-0.2, 0) is 4.79 Å². The first-order chi connectivity index (χ1) is 10.6. The van der Waals surface area contributed by atoms with Gasteiger partial charge in [-0.2, -0.15) is 0 Å². The van der Waals surface area contributed by atoms with Crippen molar-refractivity contribution in [3.05, 3.63) is 18.2 Å². The summed E-state index contributed by atoms with van der Waals surface area (Å²) < 4.78 is 10.4. The maximum Gasteiger partial charge on any atom is 0.319 e. The lowest BCUT2D eigenvalue weighted by molar-refractivity contribution is -0.124. The Morgan fingerprint density at radius 3 is 2.86 bits per heavy atom. The Bertz CT molecular complexity index is 620. The average Bonchev–Trinajstić information content (AvgIpc) is 3.07. The highest BCUT2D eigenvalue weighted by molar-refractivity contribution is 8.14. The molecule has 0 saturated carbocycles. The van der Waals surface area contributed by atoms with E-state index in [0.717, 1.165) is 16.7 Å². The number of rotatable bonds is 4. The highest BCUT2D eigenvalue weighted by Crippen LogP contribution is 2.34. The van der Waals surface area contributed by atoms with Gasteiger partial charge in [0, 0.05) is 24.8 Å². The molecule has 1 aromatic carbocycles. The monoisotopic (exact) mass is 323 g/mol. The number of benzene rings is 1. The van der Waals surface area contributed by atoms with Gasteiger partial charge in [0.1, 0.15) is 0 Å². The summed E-state index contributed by atoms with van der Waals surface area (Å²) >= 11 is 0.970. The molecule has 4 amide bonds. The molecule has 1 saturated heterocycles. The molecule has 0 aliphatic carbocycles. The number of carbonyl (C=O) groups excluding carboxylic acids is 3. The van der Waals surface area contributed by atoms with Gasteiger partial charge in [-0.15, -0.1) is 0 Å². The number of urea groups is 1. The van der Waals surface area contributed by atoms with Gasteiger partial charge >= 0.3 is 6.03 Å². The Kier molecular flexibility index (Phi) is 4.05. The molecule has 2 heterocycles. The molecule has 0 spiro atoms. The fourth-order valence-corrected chi connectivity index (χ4v) is 2.78. The van der Waals surface area contributed by atoms with E-state index in [-0.39, 0.29) is 36.8 Å². The van der Waals surface area contributed by atoms with Gasteiger partial charge in [-0.3, -0.25) is 14.5 Å². The minimum Gasteiger partial charge on any atom is -0.454 e. The summed E-state index contributed by atoms with van der Waals surface area (Å²) in [6.45, 7) is 0.522. The van der Waals surface area contributed by atoms with Crippen LogP contribution in [0.3, 0.4) is 0 Å². The zero-order valence-electron chi connectivity index (χ0n) is 11.5. The molecule has 3 rings (SSSR count). The van der Waals surface area contributed by atoms with E-state index in [4.69, 9.17) is 9.47 Å². The Morgan fingerprint density at radius 2 is 2.09 bits per heavy atom. The zero-order chi connectivity index (χ0) is 15.5. The second kappa shape index (κ2) is 6.14. The van der Waals surface area contributed by atoms with Crippen molar-refractivity contribution in [3.8, 4) is 11.5 Å². The number of nitrogens with zero attached hydrogens (tertiary/aromatic N) is 1. The molecule has 0 unspecified atom stereocenters. The molecular formula is C13H13N3O5S. The average molecular weight is 323 g/mol. The fourth-order valence-electron chi connectivity index (χ4n) is 2.03. The van der Waals surface area contributed by atoms with Crippen LogP contribution in [0, 0.1) is 0 Å². The summed E-state index contributed by atoms with van der Waals surface area (Å²) in [6, 6.07) is 4.63. The van der Waals surface area contributed by atoms with Crippen molar-refractivity contribution in [1.82, 2.24) is 10.2 Å². The van der Waals surface area contributed by atoms with E-state index in [2.05, 4.69) is 10.6 Å². The number of carbonyl (C=O) groups is 3. The molecule has 2 aliphatic heterocycles. The molecule has 0 radical (unpaired) electrons. The summed E-state index contributed by atoms with van der Waals surface area (Å²) in [4.78, 5) is 35.7. The summed E-state index contributed by atoms with van der Waals surface area (Å²) in [5, 5.41) is 4.95. The number of thioether (sulfide) groups is 1. The second-order valence-corrected chi connectivity index (χ2v) is 5.48. The van der Waals surface area contributed by atoms with Crippen molar-refractivity contribution >= 4 is 34.6 Å². The smallest absolute Gasteiger partial charge is 0.319 e. The first-order valence-corrected chi connectivity index (χ1v) is 7.53. The summed E-state index contributed by atoms with van der Waals surface area (Å²) in [7, 11) is 0. The van der Waals surface area contributed by atoms with Crippen molar-refractivity contribution in [2.24, 2.45) is 0 Å². The van der Waals surface area contributed by atoms with Gasteiger partial charge in [0.05, 0.1) is 5.75 Å². The Hall–Kier alpha value is -2.42. The van der Waals surface area contributed by atoms with Crippen molar-refractivity contribution in [2.75, 3.05) is 31.0 Å². The predicted octanol–water partition coefficient (Wildman–Crippen LogP) is 1.23. The minimum atomic E-state index is -0.425. The summed E-state index contributed by atoms with van der Waals surface area (Å²) in [6.07, 6.45) is 0. The van der Waals surface area contributed by atoms with E-state index < -0.39 is 6.03 Å². The largest absolute Gasteiger partial charge is 0.454 e. The van der Waals surface area contributed by atoms with E-state index in [1.165, 1.54) is 0 Å². The molecule has 0 atom stereocenters. The van der Waals surface area contributed by atoms with Crippen LogP contribution in [0.15, 0.2) is 18.2 Å². The number of anilines is 1. The normalized spacial score (nSPS) is 16.1. The molecule has 1 fully saturated rings. The van der Waals surface area contributed by atoms with Crippen LogP contribution in [0.1, 0.15) is 0 Å². The van der Waals surface area contributed by atoms with Crippen molar-refractivity contribution in [1.29, 1.82) is 0 Å². The lowest BCUT2D eigenvalue weighted by atomic mass is 10.3. The lowest BCUT2D eigenvalue weighted by Gasteiger charge is -2.13. The van der Waals surface area contributed by atoms with Crippen molar-refractivity contribution in [3.63, 3.8) is 0 Å². The number of hydrogen-bond donors (Lipinski definition) is 2. The molecule has 8 nitrogen and oxygen atoms in total. The van der Waals surface area contributed by atoms with Crippen LogP contribution in [0.4, 0.5) is 15.3 Å². The molecule has 116 valence electrons. The highest BCUT2D eigenvalue weighted by atomic mass is 32.2. The topological polar surface area (TPSA) is 97.0 Å². The third-order valence-electron chi connectivity index (χ3n) is 3.09. The van der Waals surface area contributed by atoms with Crippen LogP contribution in [0.5, 0.6) is 11.5 Å². The van der Waals surface area contributed by atoms with Gasteiger partial charge in [-0.1, -0.05) is 11.8 Å². The predicted molar refractivity (Wildman–Crippen MR) is 79.2 cm³/mol. The molecule has 22 heavy (non-hydrogen) atoms. The first-order valence-electron chi connectivity index (χ1n) is 6.55. The SMILES string of the molecule is O=C(NCCN1C(=O)CSC1=O)Nc1ccc2c(c1)OCO2. The van der Waals surface area contributed by atoms with E-state index in [9.17, 15) is 14.4 Å². The maximum atomic E-state index is 11.8. The standard InChI is InChI=1S/C13H13N3O5S/c17-11-6-22-13(19)16(11)4-3-14-12(18)15-8-1-2-9-10(5-8)21-7-20-9/h1-2,5H,3-4,6-7H2,(H2,14,15,18). The molecule has 2 N–H and O–H groups in total. The molecule has 1 aromatic rings. The minimum absolute atomic E-state index is 0.166. The molecule has 2 aliphatic rings. The number of ether oxygens (including phenoxy) is 2. The quantitative estimate of drug-likeness (QED) is 0.865. The Morgan fingerprint density at radius 1 is 1.27 bits per heavy atom. The fraction of sp³-hybridized carbons (Fsp3) is 0.308. The van der Waals surface area contributed by atoms with Gasteiger partial charge in [0.15, 0.2) is 11.5 Å². The molecule has 0 bridgehead atoms. The molecule has 9 heteroatoms. The maximum absolute atomic E-state index is 11.8. The summed E-state index contributed by atoms with van der Waals surface area (Å²) in [5.41, 5.74) is 0.561. The van der Waals surface area contributed by atoms with Crippen LogP contribution in [0.2, 0.25) is 0 Å². The van der Waals surface area contributed by atoms with Crippen LogP contribution in [-0.4, -0.2) is 47.7 Å². The van der Waals surface area contributed by atoms with Gasteiger partial charge in [-0.25, -0.2) is 4.79 Å². The van der Waals surface area contributed by atoms with E-state index in [1.807, 2.05) is 0 Å². The van der Waals surface area contributed by atoms with Gasteiger partial charge in [0.25, 0.3) is 5.24 Å². The van der Waals surface area contributed by atoms with E-state index >= 15 is 0 Å². The van der Waals surface area contributed by atoms with Crippen molar-refractivity contribution < 1.29 is 23.9 Å². The Balaban J connectivity index is 1.46. The molecular weight excluding hydrogens is 310 g/mol. The van der Waals surface area contributed by atoms with Gasteiger partial charge in [-0.05, 0) is 12.1 Å². The summed E-state index contributed by atoms with van der Waals surface area (Å²) in [5.74, 6) is 1.15. The van der Waals surface area contributed by atoms with Crippen LogP contribution in [0.25, 0.3) is 0 Å². The van der Waals surface area contributed by atoms with Crippen LogP contribution < -0.4 is 20.1 Å². The highest BCUT2D eigenvalue weighted by Gasteiger charge is 2.29. The number of fused-ring (bicyclic) bond motifs is 1. The van der Waals surface area contributed by atoms with Crippen molar-refractivity contribution in [2.45, 2.75) is 0 Å². The van der Waals surface area contributed by atoms with E-state index in [0.29, 0.717) is 17.2 Å². The second-order valence-electron chi connectivity index (χ2n) is 4.55. The van der Waals surface area contributed by atoms with Gasteiger partial charge in [0.2, 0.25) is 12.7 Å². The number of nitrogens with one attached hydrogen (secondary N) is 2. The lowest BCUT2D eigenvalue weighted by Crippen LogP contribution is -2.39. The number of hydrogen-bond acceptors (Lipinski definition) is 6. The third kappa shape index (κ3) is 3.08.